The van der Waals surface area contributed by atoms with Gasteiger partial charge in [-0.1, -0.05) is 26.0 Å². The van der Waals surface area contributed by atoms with Gasteiger partial charge in [0, 0.05) is 5.56 Å². The van der Waals surface area contributed by atoms with Crippen molar-refractivity contribution in [2.24, 2.45) is 5.73 Å². The molecule has 90 valence electrons. The molecule has 0 saturated carbocycles. The molecule has 2 nitrogen and oxygen atoms in total. The fourth-order valence-electron chi connectivity index (χ4n) is 1.51. The second-order valence-electron chi connectivity index (χ2n) is 4.02. The molecule has 0 amide bonds. The van der Waals surface area contributed by atoms with E-state index in [1.807, 2.05) is 19.9 Å². The molecule has 1 atom stereocenters. The number of halogens is 2. The summed E-state index contributed by atoms with van der Waals surface area (Å²) in [5.74, 6) is 0.687. The lowest BCUT2D eigenvalue weighted by Gasteiger charge is -2.17. The van der Waals surface area contributed by atoms with Crippen molar-refractivity contribution in [2.45, 2.75) is 32.2 Å². The number of alkyl halides is 2. The van der Waals surface area contributed by atoms with Gasteiger partial charge >= 0.3 is 0 Å². The van der Waals surface area contributed by atoms with Gasteiger partial charge in [-0.2, -0.15) is 0 Å². The van der Waals surface area contributed by atoms with Crippen LogP contribution in [0.1, 0.15) is 36.9 Å². The molecule has 1 rings (SSSR count). The Hall–Kier alpha value is -1.16. The van der Waals surface area contributed by atoms with Crippen molar-refractivity contribution < 1.29 is 13.5 Å². The van der Waals surface area contributed by atoms with Crippen molar-refractivity contribution in [2.75, 3.05) is 7.11 Å². The van der Waals surface area contributed by atoms with Gasteiger partial charge < -0.3 is 10.5 Å². The van der Waals surface area contributed by atoms with E-state index in [0.717, 1.165) is 5.56 Å². The van der Waals surface area contributed by atoms with Crippen LogP contribution >= 0.6 is 0 Å². The van der Waals surface area contributed by atoms with Crippen LogP contribution in [0.3, 0.4) is 0 Å². The summed E-state index contributed by atoms with van der Waals surface area (Å²) in [5, 5.41) is 0. The number of hydrogen-bond acceptors (Lipinski definition) is 2. The van der Waals surface area contributed by atoms with Crippen LogP contribution in [0.2, 0.25) is 0 Å². The SMILES string of the molecule is COc1ccc(C(C)C)cc1[C@H](N)C(F)F. The molecule has 0 radical (unpaired) electrons. The average molecular weight is 229 g/mol. The normalized spacial score (nSPS) is 13.2. The van der Waals surface area contributed by atoms with E-state index < -0.39 is 12.5 Å². The average Bonchev–Trinajstić information content (AvgIpc) is 2.26. The molecular formula is C12H17F2NO. The van der Waals surface area contributed by atoms with Gasteiger partial charge in [0.05, 0.1) is 13.2 Å². The van der Waals surface area contributed by atoms with Crippen LogP contribution in [0.25, 0.3) is 0 Å². The molecule has 2 N–H and O–H groups in total. The van der Waals surface area contributed by atoms with Crippen LogP contribution in [0.4, 0.5) is 8.78 Å². The fraction of sp³-hybridized carbons (Fsp3) is 0.500. The minimum Gasteiger partial charge on any atom is -0.496 e. The van der Waals surface area contributed by atoms with E-state index in [-0.39, 0.29) is 5.92 Å². The molecule has 0 heterocycles. The Morgan fingerprint density at radius 2 is 1.88 bits per heavy atom. The molecule has 0 aromatic heterocycles. The van der Waals surface area contributed by atoms with Gasteiger partial charge in [-0.25, -0.2) is 8.78 Å². The van der Waals surface area contributed by atoms with E-state index >= 15 is 0 Å². The van der Waals surface area contributed by atoms with E-state index in [0.29, 0.717) is 11.3 Å². The van der Waals surface area contributed by atoms with Crippen LogP contribution in [0, 0.1) is 0 Å². The summed E-state index contributed by atoms with van der Waals surface area (Å²) in [6.07, 6.45) is -2.59. The number of ether oxygens (including phenoxy) is 1. The van der Waals surface area contributed by atoms with Gasteiger partial charge in [-0.15, -0.1) is 0 Å². The van der Waals surface area contributed by atoms with E-state index in [1.165, 1.54) is 7.11 Å². The van der Waals surface area contributed by atoms with E-state index in [2.05, 4.69) is 0 Å². The highest BCUT2D eigenvalue weighted by Gasteiger charge is 2.21. The summed E-state index contributed by atoms with van der Waals surface area (Å²) in [7, 11) is 1.45. The highest BCUT2D eigenvalue weighted by molar-refractivity contribution is 5.40. The van der Waals surface area contributed by atoms with Gasteiger partial charge in [0.15, 0.2) is 0 Å². The topological polar surface area (TPSA) is 35.2 Å². The summed E-state index contributed by atoms with van der Waals surface area (Å²) >= 11 is 0. The van der Waals surface area contributed by atoms with E-state index in [1.54, 1.807) is 12.1 Å². The Kier molecular flexibility index (Phi) is 4.24. The first-order chi connectivity index (χ1) is 7.47. The summed E-state index contributed by atoms with van der Waals surface area (Å²) < 4.78 is 30.2. The van der Waals surface area contributed by atoms with Crippen molar-refractivity contribution in [3.63, 3.8) is 0 Å². The highest BCUT2D eigenvalue weighted by Crippen LogP contribution is 2.30. The first-order valence-electron chi connectivity index (χ1n) is 5.19. The van der Waals surface area contributed by atoms with Gasteiger partial charge in [0.1, 0.15) is 5.75 Å². The number of rotatable bonds is 4. The molecule has 0 aliphatic rings. The zero-order valence-corrected chi connectivity index (χ0v) is 9.71. The molecule has 0 aliphatic heterocycles. The van der Waals surface area contributed by atoms with Crippen molar-refractivity contribution >= 4 is 0 Å². The predicted molar refractivity (Wildman–Crippen MR) is 60.0 cm³/mol. The number of benzene rings is 1. The first kappa shape index (κ1) is 12.9. The predicted octanol–water partition coefficient (Wildman–Crippen LogP) is 3.08. The largest absolute Gasteiger partial charge is 0.496 e. The summed E-state index contributed by atoms with van der Waals surface area (Å²) in [6, 6.07) is 3.95. The number of methoxy groups -OCH3 is 1. The van der Waals surface area contributed by atoms with Crippen molar-refractivity contribution in [1.29, 1.82) is 0 Å². The minimum absolute atomic E-state index is 0.273. The molecule has 16 heavy (non-hydrogen) atoms. The highest BCUT2D eigenvalue weighted by atomic mass is 19.3. The standard InChI is InChI=1S/C12H17F2NO/c1-7(2)8-4-5-10(16-3)9(6-8)11(15)12(13)14/h4-7,11-12H,15H2,1-3H3/t11-/m0/s1. The van der Waals surface area contributed by atoms with Gasteiger partial charge in [-0.3, -0.25) is 0 Å². The molecule has 0 spiro atoms. The van der Waals surface area contributed by atoms with Crippen molar-refractivity contribution in [3.8, 4) is 5.75 Å². The first-order valence-corrected chi connectivity index (χ1v) is 5.19. The smallest absolute Gasteiger partial charge is 0.257 e. The van der Waals surface area contributed by atoms with Crippen LogP contribution in [0.5, 0.6) is 5.75 Å². The lowest BCUT2D eigenvalue weighted by Crippen LogP contribution is -2.20. The maximum Gasteiger partial charge on any atom is 0.257 e. The van der Waals surface area contributed by atoms with Gasteiger partial charge in [0.2, 0.25) is 0 Å². The molecule has 0 unspecified atom stereocenters. The summed E-state index contributed by atoms with van der Waals surface area (Å²) in [5.41, 5.74) is 6.80. The van der Waals surface area contributed by atoms with Crippen LogP contribution < -0.4 is 10.5 Å². The third-order valence-corrected chi connectivity index (χ3v) is 2.55. The second-order valence-corrected chi connectivity index (χ2v) is 4.02. The Bertz CT molecular complexity index is 353. The maximum absolute atomic E-state index is 12.6. The van der Waals surface area contributed by atoms with E-state index in [4.69, 9.17) is 10.5 Å². The quantitative estimate of drug-likeness (QED) is 0.861. The van der Waals surface area contributed by atoms with Gasteiger partial charge in [-0.05, 0) is 17.5 Å². The molecule has 1 aromatic carbocycles. The van der Waals surface area contributed by atoms with Gasteiger partial charge in [0.25, 0.3) is 6.43 Å². The molecule has 0 fully saturated rings. The Morgan fingerprint density at radius 3 is 2.31 bits per heavy atom. The molecule has 0 bridgehead atoms. The van der Waals surface area contributed by atoms with E-state index in [9.17, 15) is 8.78 Å². The van der Waals surface area contributed by atoms with Crippen molar-refractivity contribution in [1.82, 2.24) is 0 Å². The number of nitrogens with two attached hydrogens (primary N) is 1. The minimum atomic E-state index is -2.59. The molecule has 4 heteroatoms. The van der Waals surface area contributed by atoms with Crippen molar-refractivity contribution in [3.05, 3.63) is 29.3 Å². The summed E-state index contributed by atoms with van der Waals surface area (Å²) in [6.45, 7) is 4.00. The zero-order valence-electron chi connectivity index (χ0n) is 9.71. The lowest BCUT2D eigenvalue weighted by molar-refractivity contribution is 0.115. The molecule has 1 aromatic rings. The Morgan fingerprint density at radius 1 is 1.25 bits per heavy atom. The molecule has 0 aliphatic carbocycles. The lowest BCUT2D eigenvalue weighted by atomic mass is 9.97. The third kappa shape index (κ3) is 2.70. The number of hydrogen-bond donors (Lipinski definition) is 1. The van der Waals surface area contributed by atoms with Crippen LogP contribution in [-0.4, -0.2) is 13.5 Å². The summed E-state index contributed by atoms with van der Waals surface area (Å²) in [4.78, 5) is 0. The second kappa shape index (κ2) is 5.25. The Labute approximate surface area is 94.4 Å². The van der Waals surface area contributed by atoms with Crippen LogP contribution in [0.15, 0.2) is 18.2 Å². The zero-order chi connectivity index (χ0) is 12.3. The molecule has 0 saturated heterocycles. The maximum atomic E-state index is 12.6. The monoisotopic (exact) mass is 229 g/mol. The third-order valence-electron chi connectivity index (χ3n) is 2.55. The van der Waals surface area contributed by atoms with Crippen LogP contribution in [-0.2, 0) is 0 Å². The Balaban J connectivity index is 3.16. The fourth-order valence-corrected chi connectivity index (χ4v) is 1.51. The molecular weight excluding hydrogens is 212 g/mol.